The van der Waals surface area contributed by atoms with Crippen LogP contribution in [0.15, 0.2) is 11.3 Å². The quantitative estimate of drug-likeness (QED) is 0.671. The number of likely N-dealkylation sites (tertiary alicyclic amines) is 1. The molecule has 1 saturated heterocycles. The molecular weight excluding hydrogens is 288 g/mol. The van der Waals surface area contributed by atoms with E-state index in [0.717, 1.165) is 24.9 Å². The molecule has 2 heterocycles. The van der Waals surface area contributed by atoms with E-state index < -0.39 is 0 Å². The third-order valence-corrected chi connectivity index (χ3v) is 5.55. The molecule has 2 aliphatic rings. The zero-order valence-corrected chi connectivity index (χ0v) is 14.6. The number of nitrogens with one attached hydrogen (secondary N) is 1. The van der Waals surface area contributed by atoms with Crippen molar-refractivity contribution in [2.45, 2.75) is 57.9 Å². The first-order valence-electron chi connectivity index (χ1n) is 9.01. The van der Waals surface area contributed by atoms with Crippen LogP contribution in [-0.4, -0.2) is 45.8 Å². The maximum absolute atomic E-state index is 4.52. The lowest BCUT2D eigenvalue weighted by Crippen LogP contribution is -2.50. The first kappa shape index (κ1) is 16.3. The van der Waals surface area contributed by atoms with Crippen molar-refractivity contribution in [3.8, 4) is 0 Å². The predicted molar refractivity (Wildman–Crippen MR) is 92.1 cm³/mol. The zero-order valence-electron chi connectivity index (χ0n) is 14.6. The van der Waals surface area contributed by atoms with E-state index in [4.69, 9.17) is 0 Å². The number of aryl methyl sites for hydroxylation is 1. The Bertz CT molecular complexity index is 527. The van der Waals surface area contributed by atoms with E-state index in [0.29, 0.717) is 12.0 Å². The van der Waals surface area contributed by atoms with Gasteiger partial charge in [0.15, 0.2) is 11.8 Å². The summed E-state index contributed by atoms with van der Waals surface area (Å²) in [6.07, 6.45) is 12.8. The summed E-state index contributed by atoms with van der Waals surface area (Å²) in [7, 11) is 3.86. The highest BCUT2D eigenvalue weighted by Crippen LogP contribution is 2.42. The van der Waals surface area contributed by atoms with Crippen LogP contribution < -0.4 is 5.32 Å². The van der Waals surface area contributed by atoms with Gasteiger partial charge in [-0.05, 0) is 31.1 Å². The summed E-state index contributed by atoms with van der Waals surface area (Å²) in [5.41, 5.74) is 0.525. The third kappa shape index (κ3) is 3.85. The van der Waals surface area contributed by atoms with E-state index in [-0.39, 0.29) is 0 Å². The van der Waals surface area contributed by atoms with E-state index in [9.17, 15) is 0 Å². The molecule has 128 valence electrons. The van der Waals surface area contributed by atoms with Crippen molar-refractivity contribution < 1.29 is 0 Å². The Kier molecular flexibility index (Phi) is 5.18. The summed E-state index contributed by atoms with van der Waals surface area (Å²) in [5, 5.41) is 11.5. The number of rotatable bonds is 2. The van der Waals surface area contributed by atoms with Crippen LogP contribution in [0.5, 0.6) is 0 Å². The summed E-state index contributed by atoms with van der Waals surface area (Å²) in [6.45, 7) is 2.94. The van der Waals surface area contributed by atoms with Crippen LogP contribution in [0.4, 0.5) is 0 Å². The number of hydrogen-bond acceptors (Lipinski definition) is 3. The number of guanidine groups is 1. The SMILES string of the molecule is CN=C(NCc1nncn1C)N1CCCC2(CCCCCC2)C1. The van der Waals surface area contributed by atoms with Crippen LogP contribution in [0.1, 0.15) is 57.2 Å². The molecule has 1 aliphatic carbocycles. The van der Waals surface area contributed by atoms with Gasteiger partial charge in [0, 0.05) is 27.2 Å². The van der Waals surface area contributed by atoms with Gasteiger partial charge in [0.1, 0.15) is 6.33 Å². The van der Waals surface area contributed by atoms with Gasteiger partial charge in [-0.15, -0.1) is 10.2 Å². The van der Waals surface area contributed by atoms with E-state index in [2.05, 4.69) is 25.4 Å². The fourth-order valence-corrected chi connectivity index (χ4v) is 4.23. The first-order valence-corrected chi connectivity index (χ1v) is 9.01. The molecule has 1 spiro atoms. The molecule has 0 amide bonds. The van der Waals surface area contributed by atoms with Crippen molar-refractivity contribution >= 4 is 5.96 Å². The van der Waals surface area contributed by atoms with Gasteiger partial charge in [-0.25, -0.2) is 0 Å². The fourth-order valence-electron chi connectivity index (χ4n) is 4.23. The summed E-state index contributed by atoms with van der Waals surface area (Å²) in [6, 6.07) is 0. The highest BCUT2D eigenvalue weighted by Gasteiger charge is 2.36. The number of piperidine rings is 1. The van der Waals surface area contributed by atoms with Gasteiger partial charge in [0.05, 0.1) is 6.54 Å². The Morgan fingerprint density at radius 1 is 1.22 bits per heavy atom. The summed E-state index contributed by atoms with van der Waals surface area (Å²) < 4.78 is 1.95. The molecule has 3 rings (SSSR count). The number of nitrogens with zero attached hydrogens (tertiary/aromatic N) is 5. The molecule has 1 aliphatic heterocycles. The molecule has 23 heavy (non-hydrogen) atoms. The third-order valence-electron chi connectivity index (χ3n) is 5.55. The Labute approximate surface area is 139 Å². The molecule has 1 aromatic rings. The lowest BCUT2D eigenvalue weighted by Gasteiger charge is -2.44. The Hall–Kier alpha value is -1.59. The topological polar surface area (TPSA) is 58.3 Å². The normalized spacial score (nSPS) is 22.2. The van der Waals surface area contributed by atoms with E-state index >= 15 is 0 Å². The van der Waals surface area contributed by atoms with Crippen LogP contribution in [0.25, 0.3) is 0 Å². The highest BCUT2D eigenvalue weighted by molar-refractivity contribution is 5.80. The molecule has 6 heteroatoms. The molecule has 0 unspecified atom stereocenters. The van der Waals surface area contributed by atoms with Crippen molar-refractivity contribution in [2.75, 3.05) is 20.1 Å². The van der Waals surface area contributed by atoms with Crippen molar-refractivity contribution in [2.24, 2.45) is 17.5 Å². The monoisotopic (exact) mass is 318 g/mol. The smallest absolute Gasteiger partial charge is 0.194 e. The molecular formula is C17H30N6. The van der Waals surface area contributed by atoms with Crippen LogP contribution in [0.3, 0.4) is 0 Å². The number of hydrogen-bond donors (Lipinski definition) is 1. The number of aliphatic imine (C=N–C) groups is 1. The molecule has 6 nitrogen and oxygen atoms in total. The predicted octanol–water partition coefficient (Wildman–Crippen LogP) is 2.33. The maximum Gasteiger partial charge on any atom is 0.194 e. The molecule has 0 bridgehead atoms. The molecule has 1 saturated carbocycles. The van der Waals surface area contributed by atoms with Crippen LogP contribution in [0, 0.1) is 5.41 Å². The lowest BCUT2D eigenvalue weighted by molar-refractivity contribution is 0.115. The Morgan fingerprint density at radius 3 is 2.61 bits per heavy atom. The minimum absolute atomic E-state index is 0.525. The van der Waals surface area contributed by atoms with Crippen LogP contribution in [-0.2, 0) is 13.6 Å². The molecule has 1 aromatic heterocycles. The van der Waals surface area contributed by atoms with Gasteiger partial charge in [0.2, 0.25) is 0 Å². The maximum atomic E-state index is 4.52. The van der Waals surface area contributed by atoms with E-state index in [1.54, 1.807) is 6.33 Å². The van der Waals surface area contributed by atoms with Gasteiger partial charge in [-0.2, -0.15) is 0 Å². The second kappa shape index (κ2) is 7.32. The lowest BCUT2D eigenvalue weighted by atomic mass is 9.74. The second-order valence-corrected chi connectivity index (χ2v) is 7.20. The van der Waals surface area contributed by atoms with Gasteiger partial charge in [-0.3, -0.25) is 4.99 Å². The average Bonchev–Trinajstić information content (AvgIpc) is 2.84. The van der Waals surface area contributed by atoms with E-state index in [1.807, 2.05) is 18.7 Å². The summed E-state index contributed by atoms with van der Waals surface area (Å²) >= 11 is 0. The number of aromatic nitrogens is 3. The molecule has 0 aromatic carbocycles. The average molecular weight is 318 g/mol. The second-order valence-electron chi connectivity index (χ2n) is 7.20. The Morgan fingerprint density at radius 2 is 1.96 bits per heavy atom. The molecule has 1 N–H and O–H groups in total. The first-order chi connectivity index (χ1) is 11.2. The van der Waals surface area contributed by atoms with Gasteiger partial charge in [0.25, 0.3) is 0 Å². The molecule has 0 radical (unpaired) electrons. The van der Waals surface area contributed by atoms with Crippen molar-refractivity contribution in [3.63, 3.8) is 0 Å². The standard InChI is InChI=1S/C17H30N6/c1-18-16(19-12-15-21-20-14-22(15)2)23-11-7-10-17(13-23)8-5-3-4-6-9-17/h14H,3-13H2,1-2H3,(H,18,19). The van der Waals surface area contributed by atoms with Gasteiger partial charge >= 0.3 is 0 Å². The molecule has 0 atom stereocenters. The van der Waals surface area contributed by atoms with Crippen LogP contribution in [0.2, 0.25) is 0 Å². The van der Waals surface area contributed by atoms with Gasteiger partial charge in [-0.1, -0.05) is 25.7 Å². The minimum Gasteiger partial charge on any atom is -0.349 e. The van der Waals surface area contributed by atoms with Crippen molar-refractivity contribution in [1.82, 2.24) is 25.0 Å². The highest BCUT2D eigenvalue weighted by atomic mass is 15.3. The minimum atomic E-state index is 0.525. The van der Waals surface area contributed by atoms with Crippen molar-refractivity contribution in [1.29, 1.82) is 0 Å². The fraction of sp³-hybridized carbons (Fsp3) is 0.824. The van der Waals surface area contributed by atoms with Crippen LogP contribution >= 0.6 is 0 Å². The van der Waals surface area contributed by atoms with E-state index in [1.165, 1.54) is 51.4 Å². The summed E-state index contributed by atoms with van der Waals surface area (Å²) in [4.78, 5) is 6.98. The zero-order chi connectivity index (χ0) is 16.1. The van der Waals surface area contributed by atoms with Crippen molar-refractivity contribution in [3.05, 3.63) is 12.2 Å². The Balaban J connectivity index is 1.62. The van der Waals surface area contributed by atoms with Gasteiger partial charge < -0.3 is 14.8 Å². The largest absolute Gasteiger partial charge is 0.349 e. The molecule has 2 fully saturated rings. The summed E-state index contributed by atoms with van der Waals surface area (Å²) in [5.74, 6) is 1.95.